The van der Waals surface area contributed by atoms with Crippen LogP contribution in [0.3, 0.4) is 0 Å². The Labute approximate surface area is 160 Å². The summed E-state index contributed by atoms with van der Waals surface area (Å²) in [6.07, 6.45) is 2.00. The standard InChI is InChI=1S/C21H26FNO3S/c1-27(24,25)17-18-6-5-7-19(16-18)21(22)10-12-23(13-11-21)14-15-26-20-8-3-2-4-9-20/h2-9,16H,10-15,17H2,1H3. The van der Waals surface area contributed by atoms with Gasteiger partial charge in [0, 0.05) is 25.9 Å². The molecule has 2 aromatic carbocycles. The zero-order valence-electron chi connectivity index (χ0n) is 15.6. The van der Waals surface area contributed by atoms with Crippen molar-refractivity contribution in [2.24, 2.45) is 0 Å². The Morgan fingerprint density at radius 1 is 1.07 bits per heavy atom. The Balaban J connectivity index is 1.53. The maximum Gasteiger partial charge on any atom is 0.151 e. The van der Waals surface area contributed by atoms with Gasteiger partial charge in [-0.05, 0) is 36.1 Å². The second kappa shape index (κ2) is 8.40. The molecule has 0 aliphatic carbocycles. The van der Waals surface area contributed by atoms with Crippen molar-refractivity contribution in [2.45, 2.75) is 24.3 Å². The SMILES string of the molecule is CS(=O)(=O)Cc1cccc(C2(F)CCN(CCOc3ccccc3)CC2)c1. The van der Waals surface area contributed by atoms with Gasteiger partial charge in [-0.2, -0.15) is 0 Å². The minimum atomic E-state index is -3.13. The van der Waals surface area contributed by atoms with E-state index in [9.17, 15) is 8.42 Å². The predicted octanol–water partition coefficient (Wildman–Crippen LogP) is 3.57. The molecule has 1 heterocycles. The van der Waals surface area contributed by atoms with E-state index in [4.69, 9.17) is 4.74 Å². The molecule has 0 saturated carbocycles. The molecule has 3 rings (SSSR count). The number of alkyl halides is 1. The van der Waals surface area contributed by atoms with Gasteiger partial charge in [-0.3, -0.25) is 4.90 Å². The highest BCUT2D eigenvalue weighted by molar-refractivity contribution is 7.89. The van der Waals surface area contributed by atoms with Crippen LogP contribution in [-0.4, -0.2) is 45.8 Å². The minimum absolute atomic E-state index is 0.0557. The maximum atomic E-state index is 15.5. The smallest absolute Gasteiger partial charge is 0.151 e. The number of hydrogen-bond donors (Lipinski definition) is 0. The zero-order chi connectivity index (χ0) is 19.3. The third-order valence-corrected chi connectivity index (χ3v) is 5.80. The summed E-state index contributed by atoms with van der Waals surface area (Å²) >= 11 is 0. The summed E-state index contributed by atoms with van der Waals surface area (Å²) in [4.78, 5) is 2.21. The average Bonchev–Trinajstić information content (AvgIpc) is 2.63. The van der Waals surface area contributed by atoms with E-state index in [1.807, 2.05) is 30.3 Å². The Morgan fingerprint density at radius 2 is 1.78 bits per heavy atom. The largest absolute Gasteiger partial charge is 0.492 e. The van der Waals surface area contributed by atoms with Gasteiger partial charge in [-0.1, -0.05) is 42.5 Å². The van der Waals surface area contributed by atoms with Crippen LogP contribution >= 0.6 is 0 Å². The Bertz CT molecular complexity index is 847. The lowest BCUT2D eigenvalue weighted by molar-refractivity contribution is 0.0500. The fourth-order valence-corrected chi connectivity index (χ4v) is 4.26. The number of halogens is 1. The van der Waals surface area contributed by atoms with E-state index in [-0.39, 0.29) is 5.75 Å². The van der Waals surface area contributed by atoms with Crippen molar-refractivity contribution in [3.8, 4) is 5.75 Å². The van der Waals surface area contributed by atoms with E-state index in [1.165, 1.54) is 6.26 Å². The van der Waals surface area contributed by atoms with Crippen molar-refractivity contribution >= 4 is 9.84 Å². The van der Waals surface area contributed by atoms with Crippen LogP contribution in [0.2, 0.25) is 0 Å². The Morgan fingerprint density at radius 3 is 2.44 bits per heavy atom. The molecule has 1 aliphatic heterocycles. The van der Waals surface area contributed by atoms with E-state index < -0.39 is 15.5 Å². The molecule has 0 spiro atoms. The molecule has 0 bridgehead atoms. The molecular formula is C21H26FNO3S. The number of rotatable bonds is 7. The molecule has 27 heavy (non-hydrogen) atoms. The van der Waals surface area contributed by atoms with E-state index in [0.29, 0.717) is 43.7 Å². The van der Waals surface area contributed by atoms with E-state index in [2.05, 4.69) is 4.90 Å². The second-order valence-corrected chi connectivity index (χ2v) is 9.38. The van der Waals surface area contributed by atoms with Gasteiger partial charge in [0.2, 0.25) is 0 Å². The van der Waals surface area contributed by atoms with Crippen molar-refractivity contribution < 1.29 is 17.5 Å². The first-order valence-electron chi connectivity index (χ1n) is 9.20. The number of para-hydroxylation sites is 1. The van der Waals surface area contributed by atoms with Gasteiger partial charge in [0.25, 0.3) is 0 Å². The number of nitrogens with zero attached hydrogens (tertiary/aromatic N) is 1. The predicted molar refractivity (Wildman–Crippen MR) is 105 cm³/mol. The molecule has 0 aromatic heterocycles. The summed E-state index contributed by atoms with van der Waals surface area (Å²) < 4.78 is 44.2. The monoisotopic (exact) mass is 391 g/mol. The summed E-state index contributed by atoms with van der Waals surface area (Å²) in [6.45, 7) is 2.65. The molecular weight excluding hydrogens is 365 g/mol. The normalized spacial score (nSPS) is 17.6. The number of piperidine rings is 1. The summed E-state index contributed by atoms with van der Waals surface area (Å²) in [5.74, 6) is 0.789. The summed E-state index contributed by atoms with van der Waals surface area (Å²) in [5.41, 5.74) is -0.167. The number of ether oxygens (including phenoxy) is 1. The first-order valence-corrected chi connectivity index (χ1v) is 11.3. The second-order valence-electron chi connectivity index (χ2n) is 7.24. The molecule has 1 saturated heterocycles. The molecule has 146 valence electrons. The molecule has 1 aliphatic rings. The highest BCUT2D eigenvalue weighted by Crippen LogP contribution is 2.37. The highest BCUT2D eigenvalue weighted by atomic mass is 32.2. The van der Waals surface area contributed by atoms with Crippen LogP contribution in [0.15, 0.2) is 54.6 Å². The van der Waals surface area contributed by atoms with Crippen LogP contribution in [0.25, 0.3) is 0 Å². The number of sulfone groups is 1. The van der Waals surface area contributed by atoms with Crippen LogP contribution < -0.4 is 4.74 Å². The molecule has 6 heteroatoms. The number of benzene rings is 2. The van der Waals surface area contributed by atoms with Crippen molar-refractivity contribution in [3.05, 3.63) is 65.7 Å². The van der Waals surface area contributed by atoms with Crippen LogP contribution in [-0.2, 0) is 21.3 Å². The van der Waals surface area contributed by atoms with Crippen LogP contribution in [0.4, 0.5) is 4.39 Å². The average molecular weight is 392 g/mol. The third-order valence-electron chi connectivity index (χ3n) is 4.94. The van der Waals surface area contributed by atoms with Gasteiger partial charge in [-0.25, -0.2) is 12.8 Å². The molecule has 0 radical (unpaired) electrons. The van der Waals surface area contributed by atoms with Gasteiger partial charge in [0.05, 0.1) is 5.75 Å². The fourth-order valence-electron chi connectivity index (χ4n) is 3.47. The summed E-state index contributed by atoms with van der Waals surface area (Å²) in [6, 6.07) is 16.6. The highest BCUT2D eigenvalue weighted by Gasteiger charge is 2.36. The van der Waals surface area contributed by atoms with Gasteiger partial charge in [0.1, 0.15) is 18.0 Å². The first kappa shape index (κ1) is 19.8. The number of hydrogen-bond acceptors (Lipinski definition) is 4. The van der Waals surface area contributed by atoms with Crippen molar-refractivity contribution in [1.82, 2.24) is 4.90 Å². The van der Waals surface area contributed by atoms with Gasteiger partial charge >= 0.3 is 0 Å². The van der Waals surface area contributed by atoms with Crippen LogP contribution in [0.1, 0.15) is 24.0 Å². The van der Waals surface area contributed by atoms with Gasteiger partial charge in [-0.15, -0.1) is 0 Å². The molecule has 1 fully saturated rings. The van der Waals surface area contributed by atoms with Gasteiger partial charge < -0.3 is 4.74 Å². The van der Waals surface area contributed by atoms with Crippen LogP contribution in [0.5, 0.6) is 5.75 Å². The molecule has 4 nitrogen and oxygen atoms in total. The lowest BCUT2D eigenvalue weighted by atomic mass is 9.85. The maximum absolute atomic E-state index is 15.5. The van der Waals surface area contributed by atoms with Gasteiger partial charge in [0.15, 0.2) is 9.84 Å². The molecule has 0 N–H and O–H groups in total. The van der Waals surface area contributed by atoms with E-state index >= 15 is 4.39 Å². The minimum Gasteiger partial charge on any atom is -0.492 e. The molecule has 0 unspecified atom stereocenters. The van der Waals surface area contributed by atoms with Crippen molar-refractivity contribution in [2.75, 3.05) is 32.5 Å². The quantitative estimate of drug-likeness (QED) is 0.724. The first-order chi connectivity index (χ1) is 12.8. The zero-order valence-corrected chi connectivity index (χ0v) is 16.4. The Kier molecular flexibility index (Phi) is 6.17. The fraction of sp³-hybridized carbons (Fsp3) is 0.429. The molecule has 0 atom stereocenters. The lowest BCUT2D eigenvalue weighted by Crippen LogP contribution is -2.41. The molecule has 0 amide bonds. The van der Waals surface area contributed by atoms with Crippen molar-refractivity contribution in [1.29, 1.82) is 0 Å². The number of likely N-dealkylation sites (tertiary alicyclic amines) is 1. The topological polar surface area (TPSA) is 46.6 Å². The van der Waals surface area contributed by atoms with E-state index in [0.717, 1.165) is 12.3 Å². The van der Waals surface area contributed by atoms with E-state index in [1.54, 1.807) is 24.3 Å². The van der Waals surface area contributed by atoms with Crippen LogP contribution in [0, 0.1) is 0 Å². The third kappa shape index (κ3) is 5.78. The lowest BCUT2D eigenvalue weighted by Gasteiger charge is -2.36. The van der Waals surface area contributed by atoms with Crippen molar-refractivity contribution in [3.63, 3.8) is 0 Å². The summed E-state index contributed by atoms with van der Waals surface area (Å²) in [5, 5.41) is 0. The summed E-state index contributed by atoms with van der Waals surface area (Å²) in [7, 11) is -3.13. The molecule has 2 aromatic rings. The Hall–Kier alpha value is -1.92.